The molecular formula is C16H17N3O. The lowest BCUT2D eigenvalue weighted by atomic mass is 9.97. The summed E-state index contributed by atoms with van der Waals surface area (Å²) in [6, 6.07) is 8.36. The van der Waals surface area contributed by atoms with Gasteiger partial charge in [0.15, 0.2) is 0 Å². The van der Waals surface area contributed by atoms with Crippen molar-refractivity contribution in [1.29, 1.82) is 0 Å². The molecule has 4 nitrogen and oxygen atoms in total. The molecule has 0 fully saturated rings. The SMILES string of the molecule is OCCC#Cc1ccc(C2NCCc3[nH]cnc32)cc1. The Morgan fingerprint density at radius 3 is 2.95 bits per heavy atom. The van der Waals surface area contributed by atoms with Gasteiger partial charge in [-0.15, -0.1) is 0 Å². The number of aliphatic hydroxyl groups is 1. The van der Waals surface area contributed by atoms with Crippen molar-refractivity contribution in [3.8, 4) is 11.8 Å². The van der Waals surface area contributed by atoms with Crippen LogP contribution in [0.1, 0.15) is 35.0 Å². The van der Waals surface area contributed by atoms with Crippen molar-refractivity contribution < 1.29 is 5.11 Å². The molecule has 0 amide bonds. The van der Waals surface area contributed by atoms with Crippen LogP contribution in [0.15, 0.2) is 30.6 Å². The van der Waals surface area contributed by atoms with Gasteiger partial charge in [-0.1, -0.05) is 24.0 Å². The molecule has 0 radical (unpaired) electrons. The zero-order valence-electron chi connectivity index (χ0n) is 11.2. The number of imidazole rings is 1. The molecule has 20 heavy (non-hydrogen) atoms. The molecule has 2 aromatic rings. The molecular weight excluding hydrogens is 250 g/mol. The van der Waals surface area contributed by atoms with Crippen LogP contribution in [0.2, 0.25) is 0 Å². The highest BCUT2D eigenvalue weighted by atomic mass is 16.2. The molecule has 1 aromatic heterocycles. The molecule has 3 rings (SSSR count). The van der Waals surface area contributed by atoms with E-state index in [1.165, 1.54) is 11.3 Å². The molecule has 3 N–H and O–H groups in total. The topological polar surface area (TPSA) is 60.9 Å². The van der Waals surface area contributed by atoms with Gasteiger partial charge >= 0.3 is 0 Å². The summed E-state index contributed by atoms with van der Waals surface area (Å²) in [5, 5.41) is 12.2. The van der Waals surface area contributed by atoms with Crippen LogP contribution >= 0.6 is 0 Å². The summed E-state index contributed by atoms with van der Waals surface area (Å²) in [5.41, 5.74) is 4.49. The summed E-state index contributed by atoms with van der Waals surface area (Å²) in [5.74, 6) is 5.97. The van der Waals surface area contributed by atoms with Gasteiger partial charge in [0.1, 0.15) is 0 Å². The predicted molar refractivity (Wildman–Crippen MR) is 77.2 cm³/mol. The molecule has 1 aliphatic heterocycles. The first-order chi connectivity index (χ1) is 9.88. The van der Waals surface area contributed by atoms with Crippen LogP contribution in [0.4, 0.5) is 0 Å². The lowest BCUT2D eigenvalue weighted by Gasteiger charge is -2.23. The fourth-order valence-electron chi connectivity index (χ4n) is 2.47. The number of rotatable bonds is 2. The van der Waals surface area contributed by atoms with E-state index in [1.54, 1.807) is 6.33 Å². The van der Waals surface area contributed by atoms with E-state index in [2.05, 4.69) is 39.3 Å². The zero-order chi connectivity index (χ0) is 13.8. The molecule has 102 valence electrons. The van der Waals surface area contributed by atoms with E-state index in [0.29, 0.717) is 6.42 Å². The Kier molecular flexibility index (Phi) is 3.82. The van der Waals surface area contributed by atoms with Gasteiger partial charge in [0, 0.05) is 30.6 Å². The van der Waals surface area contributed by atoms with Crippen molar-refractivity contribution >= 4 is 0 Å². The number of benzene rings is 1. The van der Waals surface area contributed by atoms with Gasteiger partial charge in [-0.2, -0.15) is 0 Å². The fraction of sp³-hybridized carbons (Fsp3) is 0.312. The van der Waals surface area contributed by atoms with Crippen molar-refractivity contribution in [2.45, 2.75) is 18.9 Å². The number of H-pyrrole nitrogens is 1. The second-order valence-corrected chi connectivity index (χ2v) is 4.80. The number of aromatic amines is 1. The van der Waals surface area contributed by atoms with E-state index in [9.17, 15) is 0 Å². The Bertz CT molecular complexity index is 634. The quantitative estimate of drug-likeness (QED) is 0.720. The highest BCUT2D eigenvalue weighted by Crippen LogP contribution is 2.26. The van der Waals surface area contributed by atoms with E-state index < -0.39 is 0 Å². The Balaban J connectivity index is 1.81. The maximum atomic E-state index is 8.71. The van der Waals surface area contributed by atoms with Gasteiger partial charge in [0.05, 0.1) is 24.7 Å². The molecule has 0 aliphatic carbocycles. The van der Waals surface area contributed by atoms with Crippen LogP contribution in [-0.2, 0) is 6.42 Å². The molecule has 0 spiro atoms. The van der Waals surface area contributed by atoms with E-state index in [0.717, 1.165) is 24.2 Å². The monoisotopic (exact) mass is 267 g/mol. The van der Waals surface area contributed by atoms with Gasteiger partial charge in [-0.05, 0) is 17.7 Å². The number of nitrogens with zero attached hydrogens (tertiary/aromatic N) is 1. The van der Waals surface area contributed by atoms with Gasteiger partial charge in [-0.25, -0.2) is 4.98 Å². The van der Waals surface area contributed by atoms with Crippen LogP contribution in [0.5, 0.6) is 0 Å². The zero-order valence-corrected chi connectivity index (χ0v) is 11.2. The Morgan fingerprint density at radius 2 is 2.15 bits per heavy atom. The molecule has 1 aliphatic rings. The molecule has 1 unspecified atom stereocenters. The fourth-order valence-corrected chi connectivity index (χ4v) is 2.47. The van der Waals surface area contributed by atoms with Crippen molar-refractivity contribution in [2.75, 3.05) is 13.2 Å². The van der Waals surface area contributed by atoms with Crippen LogP contribution in [0, 0.1) is 11.8 Å². The first kappa shape index (κ1) is 12.9. The second-order valence-electron chi connectivity index (χ2n) is 4.80. The smallest absolute Gasteiger partial charge is 0.0926 e. The molecule has 0 saturated carbocycles. The standard InChI is InChI=1S/C16H17N3O/c20-10-2-1-3-12-4-6-13(7-5-12)15-16-14(8-9-17-15)18-11-19-16/h4-7,11,15,17,20H,2,8-10H2,(H,18,19). The van der Waals surface area contributed by atoms with E-state index in [4.69, 9.17) is 5.11 Å². The number of nitrogens with one attached hydrogen (secondary N) is 2. The molecule has 0 saturated heterocycles. The van der Waals surface area contributed by atoms with E-state index in [1.807, 2.05) is 12.1 Å². The molecule has 1 atom stereocenters. The second kappa shape index (κ2) is 5.91. The van der Waals surface area contributed by atoms with Gasteiger partial charge < -0.3 is 15.4 Å². The number of aromatic nitrogens is 2. The average Bonchev–Trinajstić information content (AvgIpc) is 2.97. The molecule has 0 bridgehead atoms. The third kappa shape index (κ3) is 2.60. The van der Waals surface area contributed by atoms with Crippen molar-refractivity contribution in [2.24, 2.45) is 0 Å². The minimum Gasteiger partial charge on any atom is -0.395 e. The highest BCUT2D eigenvalue weighted by molar-refractivity contribution is 5.39. The first-order valence-electron chi connectivity index (χ1n) is 6.83. The third-order valence-corrected chi connectivity index (χ3v) is 3.46. The summed E-state index contributed by atoms with van der Waals surface area (Å²) in [4.78, 5) is 7.63. The van der Waals surface area contributed by atoms with Crippen LogP contribution in [-0.4, -0.2) is 28.2 Å². The van der Waals surface area contributed by atoms with Crippen molar-refractivity contribution in [1.82, 2.24) is 15.3 Å². The summed E-state index contributed by atoms with van der Waals surface area (Å²) >= 11 is 0. The minimum absolute atomic E-state index is 0.110. The molecule has 2 heterocycles. The number of hydrogen-bond acceptors (Lipinski definition) is 3. The van der Waals surface area contributed by atoms with Crippen molar-refractivity contribution in [3.63, 3.8) is 0 Å². The van der Waals surface area contributed by atoms with Crippen LogP contribution < -0.4 is 5.32 Å². The average molecular weight is 267 g/mol. The van der Waals surface area contributed by atoms with Gasteiger partial charge in [0.25, 0.3) is 0 Å². The minimum atomic E-state index is 0.110. The van der Waals surface area contributed by atoms with Crippen LogP contribution in [0.3, 0.4) is 0 Å². The first-order valence-corrected chi connectivity index (χ1v) is 6.83. The third-order valence-electron chi connectivity index (χ3n) is 3.46. The van der Waals surface area contributed by atoms with Crippen LogP contribution in [0.25, 0.3) is 0 Å². The maximum absolute atomic E-state index is 8.71. The van der Waals surface area contributed by atoms with E-state index >= 15 is 0 Å². The number of aliphatic hydroxyl groups excluding tert-OH is 1. The number of fused-ring (bicyclic) bond motifs is 1. The lowest BCUT2D eigenvalue weighted by molar-refractivity contribution is 0.305. The highest BCUT2D eigenvalue weighted by Gasteiger charge is 2.23. The van der Waals surface area contributed by atoms with Gasteiger partial charge in [0.2, 0.25) is 0 Å². The van der Waals surface area contributed by atoms with Gasteiger partial charge in [-0.3, -0.25) is 0 Å². The molecule has 4 heteroatoms. The summed E-state index contributed by atoms with van der Waals surface area (Å²) in [6.45, 7) is 1.07. The van der Waals surface area contributed by atoms with E-state index in [-0.39, 0.29) is 12.6 Å². The summed E-state index contributed by atoms with van der Waals surface area (Å²) in [6.07, 6.45) is 3.28. The van der Waals surface area contributed by atoms with Crippen molar-refractivity contribution in [3.05, 3.63) is 53.1 Å². The number of hydrogen-bond donors (Lipinski definition) is 3. The molecule has 1 aromatic carbocycles. The largest absolute Gasteiger partial charge is 0.395 e. The maximum Gasteiger partial charge on any atom is 0.0926 e. The Morgan fingerprint density at radius 1 is 1.30 bits per heavy atom. The Labute approximate surface area is 118 Å². The predicted octanol–water partition coefficient (Wildman–Crippen LogP) is 1.38. The Hall–Kier alpha value is -2.09. The summed E-state index contributed by atoms with van der Waals surface area (Å²) in [7, 11) is 0. The normalized spacial score (nSPS) is 17.1. The lowest BCUT2D eigenvalue weighted by Crippen LogP contribution is -2.30. The summed E-state index contributed by atoms with van der Waals surface area (Å²) < 4.78 is 0.